The summed E-state index contributed by atoms with van der Waals surface area (Å²) in [4.78, 5) is 14.4. The number of amides is 1. The predicted molar refractivity (Wildman–Crippen MR) is 78.9 cm³/mol. The molecule has 0 saturated carbocycles. The van der Waals surface area contributed by atoms with Crippen molar-refractivity contribution in [1.82, 2.24) is 0 Å². The maximum absolute atomic E-state index is 12.6. The van der Waals surface area contributed by atoms with Crippen LogP contribution in [-0.2, 0) is 12.8 Å². The van der Waals surface area contributed by atoms with Crippen LogP contribution in [0.4, 0.5) is 11.4 Å². The number of hydrogen-bond acceptors (Lipinski definition) is 3. The van der Waals surface area contributed by atoms with Crippen molar-refractivity contribution < 1.29 is 9.21 Å². The van der Waals surface area contributed by atoms with Crippen LogP contribution in [0.2, 0.25) is 0 Å². The van der Waals surface area contributed by atoms with Crippen molar-refractivity contribution in [3.63, 3.8) is 0 Å². The monoisotopic (exact) mass is 270 g/mol. The summed E-state index contributed by atoms with van der Waals surface area (Å²) >= 11 is 0. The maximum Gasteiger partial charge on any atom is 0.293 e. The van der Waals surface area contributed by atoms with E-state index in [2.05, 4.69) is 0 Å². The molecule has 0 fully saturated rings. The molecule has 0 spiro atoms. The number of furan rings is 1. The number of nitrogen functional groups attached to an aromatic ring is 1. The molecule has 1 amide bonds. The lowest BCUT2D eigenvalue weighted by molar-refractivity contribution is 0.0957. The van der Waals surface area contributed by atoms with Gasteiger partial charge in [-0.05, 0) is 42.7 Å². The Morgan fingerprint density at radius 3 is 2.95 bits per heavy atom. The highest BCUT2D eigenvalue weighted by Gasteiger charge is 2.26. The minimum absolute atomic E-state index is 0.0868. The lowest BCUT2D eigenvalue weighted by atomic mass is 9.99. The van der Waals surface area contributed by atoms with Crippen molar-refractivity contribution in [3.8, 4) is 0 Å². The van der Waals surface area contributed by atoms with Crippen LogP contribution in [0.25, 0.3) is 0 Å². The van der Waals surface area contributed by atoms with E-state index in [4.69, 9.17) is 10.2 Å². The summed E-state index contributed by atoms with van der Waals surface area (Å²) in [6.07, 6.45) is 2.63. The third kappa shape index (κ3) is 2.07. The summed E-state index contributed by atoms with van der Waals surface area (Å²) in [6.45, 7) is 2.71. The summed E-state index contributed by atoms with van der Waals surface area (Å²) in [5.41, 5.74) is 8.74. The zero-order valence-corrected chi connectivity index (χ0v) is 11.6. The maximum atomic E-state index is 12.6. The van der Waals surface area contributed by atoms with Gasteiger partial charge in [0.1, 0.15) is 5.76 Å². The van der Waals surface area contributed by atoms with Gasteiger partial charge in [-0.25, -0.2) is 0 Å². The smallest absolute Gasteiger partial charge is 0.293 e. The third-order valence-corrected chi connectivity index (χ3v) is 3.75. The molecule has 1 aliphatic rings. The Hall–Kier alpha value is -2.23. The van der Waals surface area contributed by atoms with Gasteiger partial charge in [-0.3, -0.25) is 4.79 Å². The number of fused-ring (bicyclic) bond motifs is 1. The first-order valence-corrected chi connectivity index (χ1v) is 6.98. The van der Waals surface area contributed by atoms with E-state index in [9.17, 15) is 4.79 Å². The van der Waals surface area contributed by atoms with E-state index in [1.54, 1.807) is 11.0 Å². The van der Waals surface area contributed by atoms with Crippen LogP contribution >= 0.6 is 0 Å². The normalized spacial score (nSPS) is 14.2. The molecule has 1 aliphatic heterocycles. The number of nitrogens with two attached hydrogens (primary N) is 1. The number of hydrogen-bond donors (Lipinski definition) is 1. The van der Waals surface area contributed by atoms with Crippen LogP contribution in [0, 0.1) is 0 Å². The fraction of sp³-hybridized carbons (Fsp3) is 0.312. The van der Waals surface area contributed by atoms with E-state index in [0.29, 0.717) is 12.3 Å². The van der Waals surface area contributed by atoms with Crippen molar-refractivity contribution >= 4 is 17.3 Å². The van der Waals surface area contributed by atoms with Crippen LogP contribution in [0.15, 0.2) is 34.7 Å². The van der Waals surface area contributed by atoms with Crippen molar-refractivity contribution in [1.29, 1.82) is 0 Å². The van der Waals surface area contributed by atoms with Gasteiger partial charge in [0.05, 0.1) is 0 Å². The number of benzene rings is 1. The number of anilines is 2. The van der Waals surface area contributed by atoms with E-state index in [1.807, 2.05) is 31.2 Å². The topological polar surface area (TPSA) is 59.5 Å². The number of carbonyl (C=O) groups excluding carboxylic acids is 1. The molecule has 20 heavy (non-hydrogen) atoms. The minimum Gasteiger partial charge on any atom is -0.456 e. The molecular formula is C16H18N2O2. The Balaban J connectivity index is 1.96. The Bertz CT molecular complexity index is 646. The van der Waals surface area contributed by atoms with Crippen molar-refractivity contribution in [3.05, 3.63) is 47.4 Å². The van der Waals surface area contributed by atoms with Crippen LogP contribution in [0.3, 0.4) is 0 Å². The lowest BCUT2D eigenvalue weighted by Crippen LogP contribution is -2.35. The fourth-order valence-corrected chi connectivity index (χ4v) is 2.68. The van der Waals surface area contributed by atoms with Crippen LogP contribution in [-0.4, -0.2) is 12.5 Å². The van der Waals surface area contributed by atoms with Gasteiger partial charge in [0.25, 0.3) is 5.91 Å². The summed E-state index contributed by atoms with van der Waals surface area (Å²) in [6, 6.07) is 9.33. The van der Waals surface area contributed by atoms with E-state index < -0.39 is 0 Å². The van der Waals surface area contributed by atoms with Gasteiger partial charge in [0, 0.05) is 24.3 Å². The summed E-state index contributed by atoms with van der Waals surface area (Å²) < 4.78 is 5.57. The molecule has 0 atom stereocenters. The first-order valence-electron chi connectivity index (χ1n) is 6.98. The van der Waals surface area contributed by atoms with E-state index in [-0.39, 0.29) is 5.91 Å². The van der Waals surface area contributed by atoms with Gasteiger partial charge < -0.3 is 15.1 Å². The Morgan fingerprint density at radius 2 is 2.20 bits per heavy atom. The summed E-state index contributed by atoms with van der Waals surface area (Å²) in [5, 5.41) is 0. The van der Waals surface area contributed by atoms with Crippen molar-refractivity contribution in [2.24, 2.45) is 0 Å². The van der Waals surface area contributed by atoms with E-state index in [1.165, 1.54) is 0 Å². The molecule has 0 saturated heterocycles. The standard InChI is InChI=1S/C16H18N2O2/c1-2-11-8-9-15(20-11)16(19)18-10-4-5-12-13(17)6-3-7-14(12)18/h3,6-9H,2,4-5,10,17H2,1H3. The molecule has 1 aromatic carbocycles. The van der Waals surface area contributed by atoms with Gasteiger partial charge in [-0.2, -0.15) is 0 Å². The Kier molecular flexibility index (Phi) is 3.22. The number of aryl methyl sites for hydroxylation is 1. The first kappa shape index (κ1) is 12.8. The molecule has 2 heterocycles. The first-order chi connectivity index (χ1) is 9.70. The van der Waals surface area contributed by atoms with Gasteiger partial charge in [-0.15, -0.1) is 0 Å². The molecule has 1 aromatic heterocycles. The summed E-state index contributed by atoms with van der Waals surface area (Å²) in [7, 11) is 0. The molecule has 3 rings (SSSR count). The van der Waals surface area contributed by atoms with Gasteiger partial charge in [-0.1, -0.05) is 13.0 Å². The Morgan fingerprint density at radius 1 is 1.35 bits per heavy atom. The predicted octanol–water partition coefficient (Wildman–Crippen LogP) is 3.02. The highest BCUT2D eigenvalue weighted by molar-refractivity contribution is 6.05. The number of nitrogens with zero attached hydrogens (tertiary/aromatic N) is 1. The SMILES string of the molecule is CCc1ccc(C(=O)N2CCCc3c(N)cccc32)o1. The minimum atomic E-state index is -0.0868. The third-order valence-electron chi connectivity index (χ3n) is 3.75. The molecule has 0 bridgehead atoms. The summed E-state index contributed by atoms with van der Waals surface area (Å²) in [5.74, 6) is 1.14. The van der Waals surface area contributed by atoms with E-state index in [0.717, 1.165) is 42.0 Å². The van der Waals surface area contributed by atoms with Crippen molar-refractivity contribution in [2.45, 2.75) is 26.2 Å². The quantitative estimate of drug-likeness (QED) is 0.853. The fourth-order valence-electron chi connectivity index (χ4n) is 2.68. The highest BCUT2D eigenvalue weighted by Crippen LogP contribution is 2.32. The van der Waals surface area contributed by atoms with E-state index >= 15 is 0 Å². The average molecular weight is 270 g/mol. The van der Waals surface area contributed by atoms with Gasteiger partial charge in [0.15, 0.2) is 5.76 Å². The number of carbonyl (C=O) groups is 1. The lowest BCUT2D eigenvalue weighted by Gasteiger charge is -2.29. The molecule has 2 aromatic rings. The Labute approximate surface area is 118 Å². The van der Waals surface area contributed by atoms with Gasteiger partial charge in [0.2, 0.25) is 0 Å². The molecule has 4 nitrogen and oxygen atoms in total. The molecule has 4 heteroatoms. The van der Waals surface area contributed by atoms with Crippen LogP contribution < -0.4 is 10.6 Å². The van der Waals surface area contributed by atoms with Crippen LogP contribution in [0.5, 0.6) is 0 Å². The van der Waals surface area contributed by atoms with Crippen molar-refractivity contribution in [2.75, 3.05) is 17.2 Å². The molecule has 0 aliphatic carbocycles. The molecule has 0 radical (unpaired) electrons. The molecule has 104 valence electrons. The highest BCUT2D eigenvalue weighted by atomic mass is 16.4. The zero-order chi connectivity index (χ0) is 14.1. The second-order valence-electron chi connectivity index (χ2n) is 5.02. The molecular weight excluding hydrogens is 252 g/mol. The zero-order valence-electron chi connectivity index (χ0n) is 11.6. The van der Waals surface area contributed by atoms with Crippen LogP contribution in [0.1, 0.15) is 35.2 Å². The molecule has 2 N–H and O–H groups in total. The second kappa shape index (κ2) is 5.04. The largest absolute Gasteiger partial charge is 0.456 e. The average Bonchev–Trinajstić information content (AvgIpc) is 2.95. The van der Waals surface area contributed by atoms with Gasteiger partial charge >= 0.3 is 0 Å². The molecule has 0 unspecified atom stereocenters. The second-order valence-corrected chi connectivity index (χ2v) is 5.02. The number of rotatable bonds is 2.